The lowest BCUT2D eigenvalue weighted by Gasteiger charge is -1.67. The summed E-state index contributed by atoms with van der Waals surface area (Å²) in [5.74, 6) is 0. The normalized spacial score (nSPS) is 13.7. The van der Waals surface area contributed by atoms with Gasteiger partial charge in [-0.05, 0) is 32.3 Å². The minimum atomic E-state index is 1.14. The maximum atomic E-state index is 3.40. The molecule has 2 aliphatic rings. The van der Waals surface area contributed by atoms with Crippen molar-refractivity contribution >= 4 is 0 Å². The van der Waals surface area contributed by atoms with Crippen LogP contribution in [0.25, 0.3) is 0 Å². The Balaban J connectivity index is 0.000000196. The molecule has 0 fully saturated rings. The van der Waals surface area contributed by atoms with Gasteiger partial charge in [0, 0.05) is 0 Å². The highest BCUT2D eigenvalue weighted by Crippen LogP contribution is 1.93. The van der Waals surface area contributed by atoms with Gasteiger partial charge in [-0.25, -0.2) is 0 Å². The molecule has 0 atom stereocenters. The molecule has 2 rings (SSSR count). The highest BCUT2D eigenvalue weighted by Gasteiger charge is 1.72. The molecule has 0 saturated heterocycles. The van der Waals surface area contributed by atoms with E-state index >= 15 is 0 Å². The molecule has 2 aliphatic carbocycles. The summed E-state index contributed by atoms with van der Waals surface area (Å²) in [7, 11) is 0. The lowest BCUT2D eigenvalue weighted by atomic mass is 10.4. The molecule has 0 aliphatic heterocycles. The van der Waals surface area contributed by atoms with Gasteiger partial charge >= 0.3 is 0 Å². The zero-order valence-electron chi connectivity index (χ0n) is 9.74. The monoisotopic (exact) mass is 200 g/mol. The van der Waals surface area contributed by atoms with Gasteiger partial charge in [0.1, 0.15) is 0 Å². The second-order valence-electron chi connectivity index (χ2n) is 3.36. The first-order valence-corrected chi connectivity index (χ1v) is 5.24. The van der Waals surface area contributed by atoms with E-state index < -0.39 is 0 Å². The molecule has 0 unspecified atom stereocenters. The van der Waals surface area contributed by atoms with Crippen molar-refractivity contribution in [3.05, 3.63) is 66.5 Å². The van der Waals surface area contributed by atoms with Crippen LogP contribution in [0.1, 0.15) is 26.7 Å². The van der Waals surface area contributed by atoms with Crippen molar-refractivity contribution < 1.29 is 0 Å². The summed E-state index contributed by atoms with van der Waals surface area (Å²) in [5, 5.41) is 0. The maximum absolute atomic E-state index is 3.40. The molecule has 0 N–H and O–H groups in total. The molecule has 0 aromatic rings. The third-order valence-electron chi connectivity index (χ3n) is 1.66. The van der Waals surface area contributed by atoms with Gasteiger partial charge in [-0.3, -0.25) is 0 Å². The Morgan fingerprint density at radius 1 is 0.867 bits per heavy atom. The third-order valence-corrected chi connectivity index (χ3v) is 1.66. The number of rotatable bonds is 0. The van der Waals surface area contributed by atoms with E-state index in [-0.39, 0.29) is 0 Å². The molecular formula is C15H20. The number of allylic oxidation sites excluding steroid dienone is 9. The molecule has 0 radical (unpaired) electrons. The predicted molar refractivity (Wildman–Crippen MR) is 69.8 cm³/mol. The minimum absolute atomic E-state index is 1.14. The fourth-order valence-corrected chi connectivity index (χ4v) is 0.786. The van der Waals surface area contributed by atoms with Gasteiger partial charge in [-0.15, -0.1) is 5.73 Å². The Labute approximate surface area is 93.7 Å². The van der Waals surface area contributed by atoms with E-state index in [1.54, 1.807) is 0 Å². The molecule has 15 heavy (non-hydrogen) atoms. The van der Waals surface area contributed by atoms with E-state index in [0.29, 0.717) is 0 Å². The van der Waals surface area contributed by atoms with E-state index in [9.17, 15) is 0 Å². The van der Waals surface area contributed by atoms with Gasteiger partial charge in [0.15, 0.2) is 0 Å². The second-order valence-corrected chi connectivity index (χ2v) is 3.36. The SMILES string of the molecule is C1=CCC=C1.C1=CCC=C1.C=C=C(C)C. The molecule has 0 spiro atoms. The Hall–Kier alpha value is -1.52. The van der Waals surface area contributed by atoms with Crippen LogP contribution < -0.4 is 0 Å². The first-order chi connectivity index (χ1) is 7.27. The topological polar surface area (TPSA) is 0 Å². The van der Waals surface area contributed by atoms with Crippen molar-refractivity contribution in [3.63, 3.8) is 0 Å². The second kappa shape index (κ2) is 10.6. The van der Waals surface area contributed by atoms with Crippen molar-refractivity contribution in [1.29, 1.82) is 0 Å². The van der Waals surface area contributed by atoms with Gasteiger partial charge in [0.25, 0.3) is 0 Å². The molecule has 80 valence electrons. The van der Waals surface area contributed by atoms with Crippen LogP contribution >= 0.6 is 0 Å². The van der Waals surface area contributed by atoms with Crippen LogP contribution in [0.3, 0.4) is 0 Å². The van der Waals surface area contributed by atoms with Crippen LogP contribution in [0, 0.1) is 0 Å². The first-order valence-electron chi connectivity index (χ1n) is 5.24. The van der Waals surface area contributed by atoms with E-state index in [1.165, 1.54) is 0 Å². The van der Waals surface area contributed by atoms with Crippen LogP contribution in [0.2, 0.25) is 0 Å². The van der Waals surface area contributed by atoms with Gasteiger partial charge in [0.2, 0.25) is 0 Å². The largest absolute Gasteiger partial charge is 0.130 e. The van der Waals surface area contributed by atoms with Crippen molar-refractivity contribution in [3.8, 4) is 0 Å². The van der Waals surface area contributed by atoms with Crippen LogP contribution in [0.4, 0.5) is 0 Å². The summed E-state index contributed by atoms with van der Waals surface area (Å²) < 4.78 is 0. The molecule has 0 heteroatoms. The van der Waals surface area contributed by atoms with Crippen LogP contribution in [-0.2, 0) is 0 Å². The van der Waals surface area contributed by atoms with E-state index in [1.807, 2.05) is 13.8 Å². The Kier molecular flexibility index (Phi) is 9.49. The smallest absolute Gasteiger partial charge is 0.0163 e. The van der Waals surface area contributed by atoms with Crippen LogP contribution in [0.5, 0.6) is 0 Å². The van der Waals surface area contributed by atoms with Gasteiger partial charge < -0.3 is 0 Å². The zero-order valence-corrected chi connectivity index (χ0v) is 9.74. The average Bonchev–Trinajstić information content (AvgIpc) is 2.96. The molecule has 0 heterocycles. The Bertz CT molecular complexity index is 259. The summed E-state index contributed by atoms with van der Waals surface area (Å²) in [6, 6.07) is 0. The van der Waals surface area contributed by atoms with E-state index in [0.717, 1.165) is 18.4 Å². The third kappa shape index (κ3) is 12.5. The predicted octanol–water partition coefficient (Wildman–Crippen LogP) is 4.74. The fourth-order valence-electron chi connectivity index (χ4n) is 0.786. The summed E-state index contributed by atoms with van der Waals surface area (Å²) in [6.45, 7) is 7.33. The van der Waals surface area contributed by atoms with Crippen molar-refractivity contribution in [2.45, 2.75) is 26.7 Å². The summed E-state index contributed by atoms with van der Waals surface area (Å²) in [6.07, 6.45) is 19.0. The quantitative estimate of drug-likeness (QED) is 0.495. The van der Waals surface area contributed by atoms with E-state index in [2.05, 4.69) is 60.9 Å². The Morgan fingerprint density at radius 3 is 1.20 bits per heavy atom. The summed E-state index contributed by atoms with van der Waals surface area (Å²) in [4.78, 5) is 0. The maximum Gasteiger partial charge on any atom is -0.0163 e. The lowest BCUT2D eigenvalue weighted by molar-refractivity contribution is 1.41. The highest BCUT2D eigenvalue weighted by atomic mass is 13.8. The Morgan fingerprint density at radius 2 is 1.13 bits per heavy atom. The highest BCUT2D eigenvalue weighted by molar-refractivity contribution is 5.12. The van der Waals surface area contributed by atoms with Gasteiger partial charge in [-0.2, -0.15) is 0 Å². The molecule has 0 saturated carbocycles. The van der Waals surface area contributed by atoms with Crippen LogP contribution in [0.15, 0.2) is 66.5 Å². The van der Waals surface area contributed by atoms with Crippen molar-refractivity contribution in [2.75, 3.05) is 0 Å². The zero-order chi connectivity index (χ0) is 11.4. The molecule has 0 amide bonds. The average molecular weight is 200 g/mol. The summed E-state index contributed by atoms with van der Waals surface area (Å²) >= 11 is 0. The van der Waals surface area contributed by atoms with Crippen molar-refractivity contribution in [2.24, 2.45) is 0 Å². The summed E-state index contributed by atoms with van der Waals surface area (Å²) in [5.41, 5.74) is 3.84. The van der Waals surface area contributed by atoms with E-state index in [4.69, 9.17) is 0 Å². The lowest BCUT2D eigenvalue weighted by Crippen LogP contribution is -1.47. The molecule has 0 aromatic carbocycles. The molecule has 0 bridgehead atoms. The van der Waals surface area contributed by atoms with Crippen LogP contribution in [-0.4, -0.2) is 0 Å². The van der Waals surface area contributed by atoms with Crippen molar-refractivity contribution in [1.82, 2.24) is 0 Å². The van der Waals surface area contributed by atoms with Gasteiger partial charge in [0.05, 0.1) is 0 Å². The van der Waals surface area contributed by atoms with Gasteiger partial charge in [-0.1, -0.05) is 55.2 Å². The standard InChI is InChI=1S/2C5H6.C5H8/c2*1-2-4-5-3-1;1-4-5(2)3/h2*1-4H,5H2;1H2,2-3H3. The minimum Gasteiger partial charge on any atom is -0.130 e. The fraction of sp³-hybridized carbons (Fsp3) is 0.267. The number of hydrogen-bond donors (Lipinski definition) is 0. The number of hydrogen-bond acceptors (Lipinski definition) is 0. The molecule has 0 aromatic heterocycles. The molecular weight excluding hydrogens is 180 g/mol. The first kappa shape index (κ1) is 13.5. The molecule has 0 nitrogen and oxygen atoms in total.